The first-order valence-corrected chi connectivity index (χ1v) is 7.40. The maximum Gasteiger partial charge on any atom is 0.335 e. The molecule has 0 aliphatic carbocycles. The van der Waals surface area contributed by atoms with Crippen LogP contribution in [0.5, 0.6) is 0 Å². The van der Waals surface area contributed by atoms with E-state index < -0.39 is 48.3 Å². The van der Waals surface area contributed by atoms with Crippen molar-refractivity contribution < 1.29 is 60.0 Å². The van der Waals surface area contributed by atoms with Crippen LogP contribution in [-0.2, 0) is 19.2 Å². The summed E-state index contributed by atoms with van der Waals surface area (Å²) in [5, 5.41) is 71.6. The fourth-order valence-corrected chi connectivity index (χ4v) is 1.34. The number of hydrogen-bond donors (Lipinski definition) is 10. The summed E-state index contributed by atoms with van der Waals surface area (Å²) in [5.74, 6) is -7.07. The van der Waals surface area contributed by atoms with Crippen molar-refractivity contribution in [2.24, 2.45) is 0 Å². The summed E-state index contributed by atoms with van der Waals surface area (Å²) < 4.78 is 0. The Hall–Kier alpha value is -2.36. The summed E-state index contributed by atoms with van der Waals surface area (Å²) in [5.41, 5.74) is 0. The predicted molar refractivity (Wildman–Crippen MR) is 84.9 cm³/mol. The predicted octanol–water partition coefficient (Wildman–Crippen LogP) is -4.68. The molecular weight excluding hydrogens is 376 g/mol. The van der Waals surface area contributed by atoms with Crippen molar-refractivity contribution in [2.45, 2.75) is 37.4 Å². The first-order chi connectivity index (χ1) is 12.3. The van der Waals surface area contributed by atoms with Crippen molar-refractivity contribution in [1.29, 1.82) is 0 Å². The molecule has 1 saturated heterocycles. The quantitative estimate of drug-likeness (QED) is 0.201. The molecule has 14 heteroatoms. The minimum absolute atomic E-state index is 0.675. The summed E-state index contributed by atoms with van der Waals surface area (Å²) >= 11 is 0. The van der Waals surface area contributed by atoms with E-state index >= 15 is 0 Å². The largest absolute Gasteiger partial charge is 0.479 e. The summed E-state index contributed by atoms with van der Waals surface area (Å²) in [6, 6.07) is 0.675. The third-order valence-electron chi connectivity index (χ3n) is 2.86. The van der Waals surface area contributed by atoms with Crippen molar-refractivity contribution in [1.82, 2.24) is 10.6 Å². The van der Waals surface area contributed by atoms with Crippen LogP contribution in [0.3, 0.4) is 0 Å². The number of carboxylic acids is 4. The first-order valence-electron chi connectivity index (χ1n) is 7.40. The number of rotatable bonds is 6. The van der Waals surface area contributed by atoms with Gasteiger partial charge in [0.25, 0.3) is 0 Å². The second-order valence-electron chi connectivity index (χ2n) is 5.19. The van der Waals surface area contributed by atoms with Crippen molar-refractivity contribution in [2.75, 3.05) is 19.6 Å². The van der Waals surface area contributed by atoms with Gasteiger partial charge in [0.1, 0.15) is 0 Å². The van der Waals surface area contributed by atoms with Gasteiger partial charge in [0, 0.05) is 25.7 Å². The zero-order valence-corrected chi connectivity index (χ0v) is 14.2. The SMILES string of the molecule is CC1CNCCN1.O=C(O)C(O)C(O)C(=O)O.O=C(O)C(O)C(O)C(=O)O. The van der Waals surface area contributed by atoms with Gasteiger partial charge in [0.2, 0.25) is 0 Å². The molecule has 0 saturated carbocycles. The summed E-state index contributed by atoms with van der Waals surface area (Å²) in [7, 11) is 0. The van der Waals surface area contributed by atoms with Gasteiger partial charge in [0.15, 0.2) is 24.4 Å². The average molecular weight is 400 g/mol. The number of aliphatic hydroxyl groups is 4. The zero-order valence-electron chi connectivity index (χ0n) is 14.2. The van der Waals surface area contributed by atoms with Crippen LogP contribution < -0.4 is 10.6 Å². The van der Waals surface area contributed by atoms with Crippen molar-refractivity contribution in [3.8, 4) is 0 Å². The molecule has 1 rings (SSSR count). The van der Waals surface area contributed by atoms with E-state index in [0.717, 1.165) is 19.6 Å². The normalized spacial score (nSPS) is 20.3. The Labute approximate surface area is 152 Å². The lowest BCUT2D eigenvalue weighted by Crippen LogP contribution is -2.46. The molecule has 1 aliphatic heterocycles. The van der Waals surface area contributed by atoms with Crippen molar-refractivity contribution in [3.63, 3.8) is 0 Å². The lowest BCUT2D eigenvalue weighted by Gasteiger charge is -2.19. The van der Waals surface area contributed by atoms with Crippen LogP contribution in [0, 0.1) is 0 Å². The summed E-state index contributed by atoms with van der Waals surface area (Å²) in [6.07, 6.45) is -9.06. The van der Waals surface area contributed by atoms with Gasteiger partial charge in [-0.25, -0.2) is 19.2 Å². The number of aliphatic hydroxyl groups excluding tert-OH is 4. The maximum atomic E-state index is 9.77. The molecule has 14 nitrogen and oxygen atoms in total. The molecule has 0 bridgehead atoms. The van der Waals surface area contributed by atoms with Crippen LogP contribution in [0.25, 0.3) is 0 Å². The minimum Gasteiger partial charge on any atom is -0.479 e. The second-order valence-corrected chi connectivity index (χ2v) is 5.19. The van der Waals surface area contributed by atoms with Crippen LogP contribution in [0.1, 0.15) is 6.92 Å². The lowest BCUT2D eigenvalue weighted by atomic mass is 10.2. The topological polar surface area (TPSA) is 254 Å². The van der Waals surface area contributed by atoms with Gasteiger partial charge in [-0.15, -0.1) is 0 Å². The molecule has 0 aromatic rings. The van der Waals surface area contributed by atoms with Gasteiger partial charge in [0.05, 0.1) is 0 Å². The highest BCUT2D eigenvalue weighted by atomic mass is 16.4. The molecule has 10 N–H and O–H groups in total. The van der Waals surface area contributed by atoms with E-state index in [2.05, 4.69) is 17.6 Å². The molecule has 1 aliphatic rings. The lowest BCUT2D eigenvalue weighted by molar-refractivity contribution is -0.165. The molecule has 0 spiro atoms. The molecule has 1 fully saturated rings. The number of hydrogen-bond acceptors (Lipinski definition) is 10. The molecule has 0 amide bonds. The van der Waals surface area contributed by atoms with E-state index in [0.29, 0.717) is 6.04 Å². The van der Waals surface area contributed by atoms with E-state index in [1.807, 2.05) is 0 Å². The second kappa shape index (κ2) is 13.8. The molecule has 0 aromatic carbocycles. The minimum atomic E-state index is -2.27. The van der Waals surface area contributed by atoms with Gasteiger partial charge in [-0.3, -0.25) is 0 Å². The highest BCUT2D eigenvalue weighted by Crippen LogP contribution is 1.93. The van der Waals surface area contributed by atoms with Crippen LogP contribution in [0.4, 0.5) is 0 Å². The Morgan fingerprint density at radius 2 is 1.00 bits per heavy atom. The Morgan fingerprint density at radius 1 is 0.704 bits per heavy atom. The highest BCUT2D eigenvalue weighted by molar-refractivity contribution is 5.83. The smallest absolute Gasteiger partial charge is 0.335 e. The summed E-state index contributed by atoms with van der Waals surface area (Å²) in [4.78, 5) is 39.1. The molecular formula is C13H24N2O12. The van der Waals surface area contributed by atoms with E-state index in [1.54, 1.807) is 0 Å². The Balaban J connectivity index is 0. The van der Waals surface area contributed by atoms with E-state index in [4.69, 9.17) is 40.9 Å². The van der Waals surface area contributed by atoms with Gasteiger partial charge in [-0.2, -0.15) is 0 Å². The van der Waals surface area contributed by atoms with Crippen LogP contribution in [0.15, 0.2) is 0 Å². The standard InChI is InChI=1S/C5H12N2.2C4H6O6/c1-5-4-6-2-3-7-5;2*5-1(3(7)8)2(6)4(9)10/h5-7H,2-4H2,1H3;2*1-2,5-6H,(H,7,8)(H,9,10). The third-order valence-corrected chi connectivity index (χ3v) is 2.86. The Bertz CT molecular complexity index is 422. The Morgan fingerprint density at radius 3 is 1.11 bits per heavy atom. The maximum absolute atomic E-state index is 9.77. The molecule has 0 radical (unpaired) electrons. The first kappa shape index (κ1) is 26.9. The number of carbonyl (C=O) groups is 4. The molecule has 27 heavy (non-hydrogen) atoms. The van der Waals surface area contributed by atoms with Crippen LogP contribution in [-0.4, -0.2) is 115 Å². The number of nitrogens with one attached hydrogen (secondary N) is 2. The van der Waals surface area contributed by atoms with E-state index in [1.165, 1.54) is 0 Å². The van der Waals surface area contributed by atoms with Gasteiger partial charge >= 0.3 is 23.9 Å². The molecule has 158 valence electrons. The van der Waals surface area contributed by atoms with Gasteiger partial charge in [-0.05, 0) is 6.92 Å². The number of aliphatic carboxylic acids is 4. The molecule has 5 unspecified atom stereocenters. The number of piperazine rings is 1. The van der Waals surface area contributed by atoms with Crippen LogP contribution >= 0.6 is 0 Å². The monoisotopic (exact) mass is 400 g/mol. The average Bonchev–Trinajstić information content (AvgIpc) is 2.60. The van der Waals surface area contributed by atoms with E-state index in [-0.39, 0.29) is 0 Å². The molecule has 5 atom stereocenters. The number of carboxylic acid groups (broad SMARTS) is 4. The summed E-state index contributed by atoms with van der Waals surface area (Å²) in [6.45, 7) is 5.57. The highest BCUT2D eigenvalue weighted by Gasteiger charge is 2.30. The fourth-order valence-electron chi connectivity index (χ4n) is 1.34. The Kier molecular flexibility index (Phi) is 13.7. The zero-order chi connectivity index (χ0) is 21.7. The van der Waals surface area contributed by atoms with Crippen molar-refractivity contribution in [3.05, 3.63) is 0 Å². The third kappa shape index (κ3) is 12.6. The van der Waals surface area contributed by atoms with Gasteiger partial charge in [-0.1, -0.05) is 0 Å². The van der Waals surface area contributed by atoms with Crippen LogP contribution in [0.2, 0.25) is 0 Å². The van der Waals surface area contributed by atoms with E-state index in [9.17, 15) is 19.2 Å². The fraction of sp³-hybridized carbons (Fsp3) is 0.692. The van der Waals surface area contributed by atoms with Gasteiger partial charge < -0.3 is 51.5 Å². The molecule has 0 aromatic heterocycles. The molecule has 1 heterocycles. The van der Waals surface area contributed by atoms with Crippen molar-refractivity contribution >= 4 is 23.9 Å².